The molecule has 0 saturated heterocycles. The number of nitrogens with zero attached hydrogens (tertiary/aromatic N) is 2. The van der Waals surface area contributed by atoms with Gasteiger partial charge in [-0.25, -0.2) is 4.98 Å². The molecule has 0 amide bonds. The predicted octanol–water partition coefficient (Wildman–Crippen LogP) is 3.76. The number of nitrogens with one attached hydrogen (secondary N) is 1. The van der Waals surface area contributed by atoms with Gasteiger partial charge in [0.1, 0.15) is 41.7 Å². The molecule has 0 saturated carbocycles. The fourth-order valence-electron chi connectivity index (χ4n) is 3.12. The monoisotopic (exact) mass is 403 g/mol. The maximum Gasteiger partial charge on any atom is 0.262 e. The fourth-order valence-corrected chi connectivity index (χ4v) is 3.12. The summed E-state index contributed by atoms with van der Waals surface area (Å²) in [5.41, 5.74) is 1.83. The van der Waals surface area contributed by atoms with Crippen LogP contribution in [0.4, 0.5) is 0 Å². The summed E-state index contributed by atoms with van der Waals surface area (Å²) < 4.78 is 16.9. The Labute approximate surface area is 173 Å². The molecule has 30 heavy (non-hydrogen) atoms. The maximum atomic E-state index is 12.7. The Morgan fingerprint density at radius 2 is 1.73 bits per heavy atom. The first-order chi connectivity index (χ1) is 14.6. The zero-order chi connectivity index (χ0) is 20.9. The molecule has 4 rings (SSSR count). The highest BCUT2D eigenvalue weighted by Crippen LogP contribution is 2.29. The van der Waals surface area contributed by atoms with E-state index < -0.39 is 0 Å². The Bertz CT molecular complexity index is 1220. The van der Waals surface area contributed by atoms with Crippen molar-refractivity contribution in [3.63, 3.8) is 0 Å². The third-order valence-corrected chi connectivity index (χ3v) is 4.50. The lowest BCUT2D eigenvalue weighted by atomic mass is 10.2. The standard InChI is InChI=1S/C23H21N3O4/c1-15-12-16(8-9-24-15)22-25-19-13-18(14-20(28-2)21(19)23(27)26-22)30-11-10-29-17-6-4-3-5-7-17/h3-9,12-14H,10-11H2,1-2H3,(H,25,26,27). The molecule has 2 heterocycles. The Kier molecular flexibility index (Phi) is 5.61. The number of rotatable bonds is 7. The summed E-state index contributed by atoms with van der Waals surface area (Å²) in [7, 11) is 1.51. The summed E-state index contributed by atoms with van der Waals surface area (Å²) in [6, 6.07) is 16.6. The second kappa shape index (κ2) is 8.65. The van der Waals surface area contributed by atoms with E-state index in [-0.39, 0.29) is 5.56 Å². The number of aromatic amines is 1. The van der Waals surface area contributed by atoms with Crippen LogP contribution in [-0.4, -0.2) is 35.3 Å². The molecule has 7 nitrogen and oxygen atoms in total. The van der Waals surface area contributed by atoms with Crippen molar-refractivity contribution >= 4 is 10.9 Å². The zero-order valence-corrected chi connectivity index (χ0v) is 16.7. The first kappa shape index (κ1) is 19.4. The van der Waals surface area contributed by atoms with Gasteiger partial charge in [0.15, 0.2) is 0 Å². The lowest BCUT2D eigenvalue weighted by Gasteiger charge is -2.12. The molecule has 0 aliphatic rings. The van der Waals surface area contributed by atoms with Gasteiger partial charge in [0.2, 0.25) is 0 Å². The van der Waals surface area contributed by atoms with Crippen molar-refractivity contribution in [2.75, 3.05) is 20.3 Å². The van der Waals surface area contributed by atoms with Crippen molar-refractivity contribution in [2.24, 2.45) is 0 Å². The summed E-state index contributed by atoms with van der Waals surface area (Å²) in [5, 5.41) is 0.375. The molecule has 152 valence electrons. The van der Waals surface area contributed by atoms with E-state index in [0.29, 0.717) is 41.4 Å². The number of hydrogen-bond donors (Lipinski definition) is 1. The van der Waals surface area contributed by atoms with Crippen molar-refractivity contribution in [1.82, 2.24) is 15.0 Å². The van der Waals surface area contributed by atoms with Gasteiger partial charge in [0.25, 0.3) is 5.56 Å². The van der Waals surface area contributed by atoms with Gasteiger partial charge in [-0.05, 0) is 31.2 Å². The van der Waals surface area contributed by atoms with E-state index in [2.05, 4.69) is 15.0 Å². The maximum absolute atomic E-state index is 12.7. The van der Waals surface area contributed by atoms with Crippen LogP contribution in [0.2, 0.25) is 0 Å². The average molecular weight is 403 g/mol. The van der Waals surface area contributed by atoms with E-state index in [0.717, 1.165) is 17.0 Å². The summed E-state index contributed by atoms with van der Waals surface area (Å²) in [5.74, 6) is 2.19. The molecule has 1 N–H and O–H groups in total. The minimum Gasteiger partial charge on any atom is -0.496 e. The van der Waals surface area contributed by atoms with Crippen molar-refractivity contribution in [3.8, 4) is 28.6 Å². The summed E-state index contributed by atoms with van der Waals surface area (Å²) >= 11 is 0. The molecule has 0 aliphatic carbocycles. The topological polar surface area (TPSA) is 86.3 Å². The number of fused-ring (bicyclic) bond motifs is 1. The number of hydrogen-bond acceptors (Lipinski definition) is 6. The van der Waals surface area contributed by atoms with E-state index in [9.17, 15) is 4.79 Å². The van der Waals surface area contributed by atoms with Crippen LogP contribution in [0.3, 0.4) is 0 Å². The van der Waals surface area contributed by atoms with Crippen molar-refractivity contribution in [2.45, 2.75) is 6.92 Å². The quantitative estimate of drug-likeness (QED) is 0.473. The highest BCUT2D eigenvalue weighted by molar-refractivity contribution is 5.87. The minimum absolute atomic E-state index is 0.278. The van der Waals surface area contributed by atoms with Gasteiger partial charge in [-0.2, -0.15) is 0 Å². The van der Waals surface area contributed by atoms with Crippen LogP contribution in [0.5, 0.6) is 17.2 Å². The van der Waals surface area contributed by atoms with Gasteiger partial charge in [0, 0.05) is 29.6 Å². The SMILES string of the molecule is COc1cc(OCCOc2ccccc2)cc2nc(-c3ccnc(C)c3)[nH]c(=O)c12. The van der Waals surface area contributed by atoms with Gasteiger partial charge in [-0.15, -0.1) is 0 Å². The minimum atomic E-state index is -0.278. The van der Waals surface area contributed by atoms with Crippen LogP contribution in [0.15, 0.2) is 65.6 Å². The third-order valence-electron chi connectivity index (χ3n) is 4.50. The smallest absolute Gasteiger partial charge is 0.262 e. The van der Waals surface area contributed by atoms with E-state index in [1.165, 1.54) is 7.11 Å². The summed E-state index contributed by atoms with van der Waals surface area (Å²) in [4.78, 5) is 24.3. The number of benzene rings is 2. The second-order valence-corrected chi connectivity index (χ2v) is 6.63. The van der Waals surface area contributed by atoms with Gasteiger partial charge in [-0.1, -0.05) is 18.2 Å². The van der Waals surface area contributed by atoms with E-state index in [1.807, 2.05) is 43.3 Å². The Hall–Kier alpha value is -3.87. The number of H-pyrrole nitrogens is 1. The molecule has 7 heteroatoms. The molecule has 0 unspecified atom stereocenters. The zero-order valence-electron chi connectivity index (χ0n) is 16.7. The molecular formula is C23H21N3O4. The highest BCUT2D eigenvalue weighted by atomic mass is 16.5. The molecule has 2 aromatic heterocycles. The average Bonchev–Trinajstić information content (AvgIpc) is 2.76. The van der Waals surface area contributed by atoms with Crippen LogP contribution >= 0.6 is 0 Å². The number of methoxy groups -OCH3 is 1. The number of pyridine rings is 1. The van der Waals surface area contributed by atoms with Crippen LogP contribution in [0.25, 0.3) is 22.3 Å². The van der Waals surface area contributed by atoms with Crippen LogP contribution < -0.4 is 19.8 Å². The fraction of sp³-hybridized carbons (Fsp3) is 0.174. The number of aryl methyl sites for hydroxylation is 1. The number of para-hydroxylation sites is 1. The lowest BCUT2D eigenvalue weighted by molar-refractivity contribution is 0.217. The van der Waals surface area contributed by atoms with E-state index >= 15 is 0 Å². The molecule has 0 fully saturated rings. The van der Waals surface area contributed by atoms with Crippen molar-refractivity contribution in [3.05, 3.63) is 76.8 Å². The van der Waals surface area contributed by atoms with Gasteiger partial charge in [0.05, 0.1) is 12.6 Å². The summed E-state index contributed by atoms with van der Waals surface area (Å²) in [6.45, 7) is 2.60. The summed E-state index contributed by atoms with van der Waals surface area (Å²) in [6.07, 6.45) is 1.68. The first-order valence-corrected chi connectivity index (χ1v) is 9.50. The number of ether oxygens (including phenoxy) is 3. The highest BCUT2D eigenvalue weighted by Gasteiger charge is 2.13. The normalized spacial score (nSPS) is 10.7. The molecule has 0 radical (unpaired) electrons. The van der Waals surface area contributed by atoms with Gasteiger partial charge < -0.3 is 19.2 Å². The van der Waals surface area contributed by atoms with E-state index in [1.54, 1.807) is 24.4 Å². The van der Waals surface area contributed by atoms with E-state index in [4.69, 9.17) is 14.2 Å². The molecular weight excluding hydrogens is 382 g/mol. The predicted molar refractivity (Wildman–Crippen MR) is 114 cm³/mol. The van der Waals surface area contributed by atoms with Crippen LogP contribution in [0.1, 0.15) is 5.69 Å². The van der Waals surface area contributed by atoms with Gasteiger partial charge in [-0.3, -0.25) is 9.78 Å². The Morgan fingerprint density at radius 1 is 0.967 bits per heavy atom. The Balaban J connectivity index is 1.60. The van der Waals surface area contributed by atoms with Gasteiger partial charge >= 0.3 is 0 Å². The molecule has 2 aromatic carbocycles. The van der Waals surface area contributed by atoms with Crippen molar-refractivity contribution in [1.29, 1.82) is 0 Å². The number of aromatic nitrogens is 3. The molecule has 4 aromatic rings. The first-order valence-electron chi connectivity index (χ1n) is 9.50. The molecule has 0 spiro atoms. The Morgan fingerprint density at radius 3 is 2.47 bits per heavy atom. The van der Waals surface area contributed by atoms with Crippen LogP contribution in [0, 0.1) is 6.92 Å². The molecule has 0 atom stereocenters. The largest absolute Gasteiger partial charge is 0.496 e. The molecule has 0 aliphatic heterocycles. The lowest BCUT2D eigenvalue weighted by Crippen LogP contribution is -2.12. The molecule has 0 bridgehead atoms. The third kappa shape index (κ3) is 4.25. The van der Waals surface area contributed by atoms with Crippen molar-refractivity contribution < 1.29 is 14.2 Å². The second-order valence-electron chi connectivity index (χ2n) is 6.63. The van der Waals surface area contributed by atoms with Crippen LogP contribution in [-0.2, 0) is 0 Å².